The molecule has 4 rings (SSSR count). The van der Waals surface area contributed by atoms with Crippen LogP contribution in [0.1, 0.15) is 59.1 Å². The van der Waals surface area contributed by atoms with Gasteiger partial charge in [-0.3, -0.25) is 15.3 Å². The van der Waals surface area contributed by atoms with E-state index in [9.17, 15) is 9.59 Å². The maximum Gasteiger partial charge on any atom is 0.328 e. The highest BCUT2D eigenvalue weighted by Gasteiger charge is 2.23. The molecule has 1 heterocycles. The maximum atomic E-state index is 13.0. The fourth-order valence-corrected chi connectivity index (χ4v) is 5.30. The molecule has 38 heavy (non-hydrogen) atoms. The van der Waals surface area contributed by atoms with E-state index in [-0.39, 0.29) is 12.1 Å². The van der Waals surface area contributed by atoms with Crippen molar-refractivity contribution in [1.29, 1.82) is 0 Å². The van der Waals surface area contributed by atoms with Gasteiger partial charge in [-0.15, -0.1) is 11.3 Å². The average molecular weight is 532 g/mol. The van der Waals surface area contributed by atoms with E-state index in [1.165, 1.54) is 11.3 Å². The molecule has 1 unspecified atom stereocenters. The molecule has 198 valence electrons. The predicted octanol–water partition coefficient (Wildman–Crippen LogP) is 6.20. The van der Waals surface area contributed by atoms with E-state index in [1.807, 2.05) is 73.7 Å². The molecule has 0 fully saturated rings. The SMILES string of the molecule is CCCC(C)OC(=O)[C@@H](NCc1cccc(NCc2ccc3cc(C(=O)NO)sc3c2)c1)c1ccccc1. The number of fused-ring (bicyclic) bond motifs is 1. The van der Waals surface area contributed by atoms with E-state index in [0.717, 1.165) is 45.3 Å². The molecule has 7 nitrogen and oxygen atoms in total. The summed E-state index contributed by atoms with van der Waals surface area (Å²) in [4.78, 5) is 25.2. The Hall–Kier alpha value is -3.72. The number of carbonyl (C=O) groups excluding carboxylic acids is 2. The number of hydroxylamine groups is 1. The van der Waals surface area contributed by atoms with Gasteiger partial charge in [0.25, 0.3) is 5.91 Å². The van der Waals surface area contributed by atoms with Gasteiger partial charge in [0.05, 0.1) is 11.0 Å². The highest BCUT2D eigenvalue weighted by molar-refractivity contribution is 7.20. The van der Waals surface area contributed by atoms with Crippen molar-refractivity contribution in [3.05, 3.63) is 100 Å². The number of nitrogens with one attached hydrogen (secondary N) is 3. The Morgan fingerprint density at radius 1 is 0.947 bits per heavy atom. The fourth-order valence-electron chi connectivity index (χ4n) is 4.28. The largest absolute Gasteiger partial charge is 0.461 e. The molecule has 0 bridgehead atoms. The van der Waals surface area contributed by atoms with Crippen LogP contribution in [0.3, 0.4) is 0 Å². The Morgan fingerprint density at radius 3 is 2.50 bits per heavy atom. The summed E-state index contributed by atoms with van der Waals surface area (Å²) in [6.45, 7) is 5.12. The topological polar surface area (TPSA) is 99.7 Å². The fraction of sp³-hybridized carbons (Fsp3) is 0.267. The first-order chi connectivity index (χ1) is 18.5. The van der Waals surface area contributed by atoms with Gasteiger partial charge in [-0.1, -0.05) is 67.9 Å². The molecule has 0 saturated heterocycles. The van der Waals surface area contributed by atoms with Crippen molar-refractivity contribution in [2.45, 2.75) is 51.9 Å². The van der Waals surface area contributed by atoms with Gasteiger partial charge >= 0.3 is 5.97 Å². The molecule has 4 aromatic rings. The molecule has 0 aliphatic rings. The monoisotopic (exact) mass is 531 g/mol. The third kappa shape index (κ3) is 7.19. The minimum absolute atomic E-state index is 0.125. The number of benzene rings is 3. The lowest BCUT2D eigenvalue weighted by atomic mass is 10.1. The summed E-state index contributed by atoms with van der Waals surface area (Å²) in [6, 6.07) is 25.0. The molecule has 1 amide bonds. The van der Waals surface area contributed by atoms with Crippen molar-refractivity contribution in [1.82, 2.24) is 10.8 Å². The van der Waals surface area contributed by atoms with Crippen LogP contribution in [0.5, 0.6) is 0 Å². The minimum Gasteiger partial charge on any atom is -0.461 e. The van der Waals surface area contributed by atoms with Crippen LogP contribution in [0.25, 0.3) is 10.1 Å². The summed E-state index contributed by atoms with van der Waals surface area (Å²) in [7, 11) is 0. The summed E-state index contributed by atoms with van der Waals surface area (Å²) >= 11 is 1.34. The zero-order valence-electron chi connectivity index (χ0n) is 21.6. The van der Waals surface area contributed by atoms with Crippen molar-refractivity contribution in [2.24, 2.45) is 0 Å². The molecule has 3 aromatic carbocycles. The number of thiophene rings is 1. The molecule has 1 aromatic heterocycles. The number of ether oxygens (including phenoxy) is 1. The zero-order chi connectivity index (χ0) is 26.9. The molecular weight excluding hydrogens is 498 g/mol. The summed E-state index contributed by atoms with van der Waals surface area (Å²) in [5.74, 6) is -0.774. The van der Waals surface area contributed by atoms with Crippen LogP contribution in [0, 0.1) is 0 Å². The summed E-state index contributed by atoms with van der Waals surface area (Å²) in [6.07, 6.45) is 1.67. The van der Waals surface area contributed by atoms with Crippen molar-refractivity contribution in [3.63, 3.8) is 0 Å². The Morgan fingerprint density at radius 2 is 1.74 bits per heavy atom. The van der Waals surface area contributed by atoms with Crippen LogP contribution >= 0.6 is 11.3 Å². The van der Waals surface area contributed by atoms with Crippen molar-refractivity contribution >= 4 is 39.0 Å². The van der Waals surface area contributed by atoms with Crippen LogP contribution in [-0.2, 0) is 22.6 Å². The van der Waals surface area contributed by atoms with Crippen LogP contribution in [0.4, 0.5) is 5.69 Å². The number of rotatable bonds is 12. The third-order valence-corrected chi connectivity index (χ3v) is 7.32. The molecule has 4 N–H and O–H groups in total. The zero-order valence-corrected chi connectivity index (χ0v) is 22.4. The molecule has 2 atom stereocenters. The smallest absolute Gasteiger partial charge is 0.328 e. The van der Waals surface area contributed by atoms with E-state index in [2.05, 4.69) is 23.6 Å². The van der Waals surface area contributed by atoms with Gasteiger partial charge < -0.3 is 10.1 Å². The van der Waals surface area contributed by atoms with Gasteiger partial charge in [0.15, 0.2) is 0 Å². The van der Waals surface area contributed by atoms with E-state index >= 15 is 0 Å². The van der Waals surface area contributed by atoms with Crippen LogP contribution in [0.15, 0.2) is 78.9 Å². The number of esters is 1. The van der Waals surface area contributed by atoms with Crippen molar-refractivity contribution < 1.29 is 19.5 Å². The Kier molecular flexibility index (Phi) is 9.48. The number of amides is 1. The average Bonchev–Trinajstić information content (AvgIpc) is 3.36. The van der Waals surface area contributed by atoms with Gasteiger partial charge in [0.2, 0.25) is 0 Å². The standard InChI is InChI=1S/C30H33N3O4S/c1-3-8-20(2)37-30(35)28(23-10-5-4-6-11-23)32-19-21-9-7-12-25(15-21)31-18-22-13-14-24-17-27(29(34)33-36)38-26(24)16-22/h4-7,9-17,20,28,31-32,36H,3,8,18-19H2,1-2H3,(H,33,34)/t20?,28-/m0/s1. The normalized spacial score (nSPS) is 12.6. The number of hydrogen-bond donors (Lipinski definition) is 4. The van der Waals surface area contributed by atoms with Gasteiger partial charge in [0.1, 0.15) is 6.04 Å². The van der Waals surface area contributed by atoms with Gasteiger partial charge in [-0.05, 0) is 59.7 Å². The number of anilines is 1. The highest BCUT2D eigenvalue weighted by atomic mass is 32.1. The maximum absolute atomic E-state index is 13.0. The van der Waals surface area contributed by atoms with Gasteiger partial charge in [-0.2, -0.15) is 0 Å². The summed E-state index contributed by atoms with van der Waals surface area (Å²) in [5.41, 5.74) is 5.64. The second-order valence-electron chi connectivity index (χ2n) is 9.24. The van der Waals surface area contributed by atoms with Gasteiger partial charge in [0, 0.05) is 23.5 Å². The quantitative estimate of drug-likeness (QED) is 0.0988. The summed E-state index contributed by atoms with van der Waals surface area (Å²) < 4.78 is 6.69. The van der Waals surface area contributed by atoms with Crippen LogP contribution < -0.4 is 16.1 Å². The number of hydrogen-bond acceptors (Lipinski definition) is 7. The first kappa shape index (κ1) is 27.3. The van der Waals surface area contributed by atoms with E-state index in [4.69, 9.17) is 9.94 Å². The van der Waals surface area contributed by atoms with Crippen LogP contribution in [-0.4, -0.2) is 23.2 Å². The lowest BCUT2D eigenvalue weighted by Crippen LogP contribution is -2.32. The van der Waals surface area contributed by atoms with Crippen molar-refractivity contribution in [2.75, 3.05) is 5.32 Å². The predicted molar refractivity (Wildman–Crippen MR) is 151 cm³/mol. The van der Waals surface area contributed by atoms with E-state index in [0.29, 0.717) is 18.0 Å². The molecule has 0 aliphatic carbocycles. The third-order valence-electron chi connectivity index (χ3n) is 6.22. The van der Waals surface area contributed by atoms with E-state index in [1.54, 1.807) is 11.5 Å². The van der Waals surface area contributed by atoms with E-state index < -0.39 is 11.9 Å². The molecule has 8 heteroatoms. The van der Waals surface area contributed by atoms with Gasteiger partial charge in [-0.25, -0.2) is 10.3 Å². The highest BCUT2D eigenvalue weighted by Crippen LogP contribution is 2.27. The lowest BCUT2D eigenvalue weighted by Gasteiger charge is -2.21. The molecular formula is C30H33N3O4S. The minimum atomic E-state index is -0.553. The first-order valence-corrected chi connectivity index (χ1v) is 13.6. The lowest BCUT2D eigenvalue weighted by molar-refractivity contribution is -0.151. The molecule has 0 aliphatic heterocycles. The molecule has 0 saturated carbocycles. The number of carbonyl (C=O) groups is 2. The Labute approximate surface area is 226 Å². The Balaban J connectivity index is 1.40. The second kappa shape index (κ2) is 13.2. The van der Waals surface area contributed by atoms with Crippen LogP contribution in [0.2, 0.25) is 0 Å². The second-order valence-corrected chi connectivity index (χ2v) is 10.3. The molecule has 0 radical (unpaired) electrons. The molecule has 0 spiro atoms. The Bertz CT molecular complexity index is 1370. The van der Waals surface area contributed by atoms with Crippen molar-refractivity contribution in [3.8, 4) is 0 Å². The summed E-state index contributed by atoms with van der Waals surface area (Å²) in [5, 5.41) is 16.7. The first-order valence-electron chi connectivity index (χ1n) is 12.8.